The third-order valence-electron chi connectivity index (χ3n) is 3.96. The van der Waals surface area contributed by atoms with Gasteiger partial charge in [0.05, 0.1) is 23.1 Å². The molecule has 0 radical (unpaired) electrons. The fraction of sp³-hybridized carbons (Fsp3) is 0.412. The Hall–Kier alpha value is -2.17. The fourth-order valence-electron chi connectivity index (χ4n) is 2.76. The molecule has 1 aromatic heterocycles. The van der Waals surface area contributed by atoms with E-state index in [0.29, 0.717) is 17.5 Å². The summed E-state index contributed by atoms with van der Waals surface area (Å²) < 4.78 is 29.2. The molecule has 1 N–H and O–H groups in total. The summed E-state index contributed by atoms with van der Waals surface area (Å²) in [5.74, 6) is -0.141. The SMILES string of the molecule is Cc1nn(C)c(C)c1C[C@@H](C)NS(=O)(=O)Cc1cccc(C#N)c1. The van der Waals surface area contributed by atoms with E-state index in [1.807, 2.05) is 33.9 Å². The molecular weight excluding hydrogens is 324 g/mol. The van der Waals surface area contributed by atoms with Crippen LogP contribution in [0.3, 0.4) is 0 Å². The molecule has 1 heterocycles. The van der Waals surface area contributed by atoms with Gasteiger partial charge in [0.1, 0.15) is 0 Å². The first-order valence-electron chi connectivity index (χ1n) is 7.70. The molecule has 128 valence electrons. The van der Waals surface area contributed by atoms with Gasteiger partial charge in [-0.05, 0) is 50.5 Å². The Balaban J connectivity index is 2.07. The van der Waals surface area contributed by atoms with E-state index in [1.165, 1.54) is 0 Å². The van der Waals surface area contributed by atoms with Crippen LogP contribution in [0.1, 0.15) is 35.0 Å². The molecule has 0 unspecified atom stereocenters. The summed E-state index contributed by atoms with van der Waals surface area (Å²) in [5.41, 5.74) is 4.09. The number of rotatable bonds is 6. The van der Waals surface area contributed by atoms with Crippen LogP contribution >= 0.6 is 0 Å². The van der Waals surface area contributed by atoms with Crippen LogP contribution < -0.4 is 4.72 Å². The van der Waals surface area contributed by atoms with Gasteiger partial charge in [-0.15, -0.1) is 0 Å². The minimum atomic E-state index is -3.48. The van der Waals surface area contributed by atoms with Gasteiger partial charge in [0.2, 0.25) is 10.0 Å². The summed E-state index contributed by atoms with van der Waals surface area (Å²) in [4.78, 5) is 0. The Morgan fingerprint density at radius 2 is 2.08 bits per heavy atom. The number of benzene rings is 1. The summed E-state index contributed by atoms with van der Waals surface area (Å²) in [6, 6.07) is 8.42. The monoisotopic (exact) mass is 346 g/mol. The van der Waals surface area contributed by atoms with Crippen molar-refractivity contribution in [3.05, 3.63) is 52.3 Å². The average Bonchev–Trinajstić information content (AvgIpc) is 2.72. The highest BCUT2D eigenvalue weighted by molar-refractivity contribution is 7.88. The van der Waals surface area contributed by atoms with Crippen LogP contribution in [0.25, 0.3) is 0 Å². The van der Waals surface area contributed by atoms with Crippen LogP contribution in [0.2, 0.25) is 0 Å². The first-order chi connectivity index (χ1) is 11.2. The molecule has 0 bridgehead atoms. The number of nitriles is 1. The lowest BCUT2D eigenvalue weighted by Gasteiger charge is -2.15. The maximum absolute atomic E-state index is 12.4. The van der Waals surface area contributed by atoms with Gasteiger partial charge in [-0.1, -0.05) is 12.1 Å². The van der Waals surface area contributed by atoms with E-state index in [2.05, 4.69) is 9.82 Å². The van der Waals surface area contributed by atoms with Gasteiger partial charge < -0.3 is 0 Å². The first kappa shape index (κ1) is 18.2. The second-order valence-corrected chi connectivity index (χ2v) is 7.82. The van der Waals surface area contributed by atoms with E-state index in [1.54, 1.807) is 28.9 Å². The highest BCUT2D eigenvalue weighted by atomic mass is 32.2. The normalized spacial score (nSPS) is 12.8. The molecule has 0 fully saturated rings. The molecule has 0 amide bonds. The molecular formula is C17H22N4O2S. The molecule has 2 rings (SSSR count). The number of aromatic nitrogens is 2. The van der Waals surface area contributed by atoms with E-state index in [0.717, 1.165) is 17.0 Å². The first-order valence-corrected chi connectivity index (χ1v) is 9.35. The van der Waals surface area contributed by atoms with Crippen molar-refractivity contribution in [2.75, 3.05) is 0 Å². The number of hydrogen-bond donors (Lipinski definition) is 1. The Kier molecular flexibility index (Phi) is 5.42. The second kappa shape index (κ2) is 7.16. The Morgan fingerprint density at radius 1 is 1.38 bits per heavy atom. The predicted molar refractivity (Wildman–Crippen MR) is 92.8 cm³/mol. The fourth-order valence-corrected chi connectivity index (χ4v) is 4.16. The third-order valence-corrected chi connectivity index (χ3v) is 5.44. The highest BCUT2D eigenvalue weighted by Gasteiger charge is 2.19. The van der Waals surface area contributed by atoms with Gasteiger partial charge in [0.15, 0.2) is 0 Å². The standard InChI is InChI=1S/C17H22N4O2S/c1-12(8-17-13(2)19-21(4)14(17)3)20-24(22,23)11-16-7-5-6-15(9-16)10-18/h5-7,9,12,20H,8,11H2,1-4H3/t12-/m1/s1. The lowest BCUT2D eigenvalue weighted by atomic mass is 10.1. The minimum absolute atomic E-state index is 0.141. The van der Waals surface area contributed by atoms with E-state index < -0.39 is 10.0 Å². The van der Waals surface area contributed by atoms with E-state index in [9.17, 15) is 8.42 Å². The zero-order valence-corrected chi connectivity index (χ0v) is 15.2. The topological polar surface area (TPSA) is 87.8 Å². The van der Waals surface area contributed by atoms with Crippen molar-refractivity contribution in [3.63, 3.8) is 0 Å². The second-order valence-electron chi connectivity index (χ2n) is 6.07. The van der Waals surface area contributed by atoms with Crippen LogP contribution in [0.4, 0.5) is 0 Å². The average molecular weight is 346 g/mol. The Labute approximate surface area is 143 Å². The number of sulfonamides is 1. The maximum Gasteiger partial charge on any atom is 0.216 e. The maximum atomic E-state index is 12.4. The van der Waals surface area contributed by atoms with Gasteiger partial charge >= 0.3 is 0 Å². The van der Waals surface area contributed by atoms with E-state index >= 15 is 0 Å². The number of hydrogen-bond acceptors (Lipinski definition) is 4. The predicted octanol–water partition coefficient (Wildman–Crippen LogP) is 1.96. The van der Waals surface area contributed by atoms with Crippen LogP contribution in [-0.4, -0.2) is 24.2 Å². The molecule has 0 aliphatic carbocycles. The van der Waals surface area contributed by atoms with Gasteiger partial charge in [-0.2, -0.15) is 10.4 Å². The van der Waals surface area contributed by atoms with Crippen molar-refractivity contribution in [2.45, 2.75) is 39.0 Å². The van der Waals surface area contributed by atoms with Gasteiger partial charge in [-0.25, -0.2) is 13.1 Å². The molecule has 0 aliphatic rings. The molecule has 0 saturated carbocycles. The molecule has 7 heteroatoms. The summed E-state index contributed by atoms with van der Waals surface area (Å²) >= 11 is 0. The highest BCUT2D eigenvalue weighted by Crippen LogP contribution is 2.15. The lowest BCUT2D eigenvalue weighted by Crippen LogP contribution is -2.35. The largest absolute Gasteiger partial charge is 0.272 e. The van der Waals surface area contributed by atoms with Gasteiger partial charge in [0.25, 0.3) is 0 Å². The van der Waals surface area contributed by atoms with Crippen LogP contribution in [0.5, 0.6) is 0 Å². The Bertz CT molecular complexity index is 878. The van der Waals surface area contributed by atoms with E-state index in [4.69, 9.17) is 5.26 Å². The Morgan fingerprint density at radius 3 is 2.67 bits per heavy atom. The van der Waals surface area contributed by atoms with Crippen LogP contribution in [0, 0.1) is 25.2 Å². The van der Waals surface area contributed by atoms with Crippen LogP contribution in [0.15, 0.2) is 24.3 Å². The van der Waals surface area contributed by atoms with Crippen molar-refractivity contribution in [1.82, 2.24) is 14.5 Å². The van der Waals surface area contributed by atoms with Crippen molar-refractivity contribution < 1.29 is 8.42 Å². The summed E-state index contributed by atoms with van der Waals surface area (Å²) in [5, 5.41) is 13.3. The zero-order valence-electron chi connectivity index (χ0n) is 14.4. The zero-order chi connectivity index (χ0) is 17.9. The molecule has 6 nitrogen and oxygen atoms in total. The van der Waals surface area contributed by atoms with E-state index in [-0.39, 0.29) is 11.8 Å². The smallest absolute Gasteiger partial charge is 0.216 e. The molecule has 0 saturated heterocycles. The summed E-state index contributed by atoms with van der Waals surface area (Å²) in [6.45, 7) is 5.75. The molecule has 2 aromatic rings. The summed E-state index contributed by atoms with van der Waals surface area (Å²) in [7, 11) is -1.61. The molecule has 0 spiro atoms. The van der Waals surface area contributed by atoms with Crippen molar-refractivity contribution >= 4 is 10.0 Å². The number of nitrogens with one attached hydrogen (secondary N) is 1. The molecule has 1 aromatic carbocycles. The van der Waals surface area contributed by atoms with Crippen LogP contribution in [-0.2, 0) is 29.2 Å². The van der Waals surface area contributed by atoms with Gasteiger partial charge in [-0.3, -0.25) is 4.68 Å². The molecule has 0 aliphatic heterocycles. The third kappa shape index (κ3) is 4.43. The molecule has 1 atom stereocenters. The quantitative estimate of drug-likeness (QED) is 0.866. The number of aryl methyl sites for hydroxylation is 2. The number of nitrogens with zero attached hydrogens (tertiary/aromatic N) is 3. The minimum Gasteiger partial charge on any atom is -0.272 e. The van der Waals surface area contributed by atoms with Crippen molar-refractivity contribution in [2.24, 2.45) is 7.05 Å². The summed E-state index contributed by atoms with van der Waals surface area (Å²) in [6.07, 6.45) is 0.586. The lowest BCUT2D eigenvalue weighted by molar-refractivity contribution is 0.558. The molecule has 24 heavy (non-hydrogen) atoms. The van der Waals surface area contributed by atoms with Crippen molar-refractivity contribution in [3.8, 4) is 6.07 Å². The van der Waals surface area contributed by atoms with Gasteiger partial charge in [0, 0.05) is 18.8 Å². The van der Waals surface area contributed by atoms with Crippen molar-refractivity contribution in [1.29, 1.82) is 5.26 Å².